The highest BCUT2D eigenvalue weighted by Crippen LogP contribution is 2.13. The van der Waals surface area contributed by atoms with Gasteiger partial charge in [0.2, 0.25) is 0 Å². The normalized spacial score (nSPS) is 22.7. The third-order valence-electron chi connectivity index (χ3n) is 2.72. The van der Waals surface area contributed by atoms with Crippen molar-refractivity contribution in [1.29, 1.82) is 0 Å². The monoisotopic (exact) mass is 215 g/mol. The molecule has 0 aromatic heterocycles. The minimum Gasteiger partial charge on any atom is -0.469 e. The maximum atomic E-state index is 11.0. The SMILES string of the molecule is CCOC1CCCN(CCC(=O)OC)C1. The highest BCUT2D eigenvalue weighted by Gasteiger charge is 2.20. The zero-order chi connectivity index (χ0) is 11.1. The standard InChI is InChI=1S/C11H21NO3/c1-3-15-10-5-4-7-12(9-10)8-6-11(13)14-2/h10H,3-9H2,1-2H3. The molecule has 0 aliphatic carbocycles. The van der Waals surface area contributed by atoms with Crippen LogP contribution in [0, 0.1) is 0 Å². The van der Waals surface area contributed by atoms with E-state index in [-0.39, 0.29) is 5.97 Å². The van der Waals surface area contributed by atoms with Gasteiger partial charge in [0.25, 0.3) is 0 Å². The van der Waals surface area contributed by atoms with Crippen LogP contribution in [0.1, 0.15) is 26.2 Å². The van der Waals surface area contributed by atoms with Crippen LogP contribution < -0.4 is 0 Å². The van der Waals surface area contributed by atoms with Crippen molar-refractivity contribution in [2.24, 2.45) is 0 Å². The minimum atomic E-state index is -0.131. The number of nitrogens with zero attached hydrogens (tertiary/aromatic N) is 1. The lowest BCUT2D eigenvalue weighted by Crippen LogP contribution is -2.40. The van der Waals surface area contributed by atoms with Crippen LogP contribution in [0.3, 0.4) is 0 Å². The topological polar surface area (TPSA) is 38.8 Å². The van der Waals surface area contributed by atoms with E-state index >= 15 is 0 Å². The summed E-state index contributed by atoms with van der Waals surface area (Å²) < 4.78 is 10.2. The molecule has 0 bridgehead atoms. The van der Waals surface area contributed by atoms with Crippen LogP contribution in [0.4, 0.5) is 0 Å². The maximum Gasteiger partial charge on any atom is 0.306 e. The van der Waals surface area contributed by atoms with Gasteiger partial charge in [-0.1, -0.05) is 0 Å². The molecule has 1 saturated heterocycles. The van der Waals surface area contributed by atoms with Crippen LogP contribution in [0.5, 0.6) is 0 Å². The molecule has 0 radical (unpaired) electrons. The summed E-state index contributed by atoms with van der Waals surface area (Å²) in [6.07, 6.45) is 3.13. The molecule has 0 spiro atoms. The largest absolute Gasteiger partial charge is 0.469 e. The molecule has 15 heavy (non-hydrogen) atoms. The molecule has 1 rings (SSSR count). The van der Waals surface area contributed by atoms with E-state index in [9.17, 15) is 4.79 Å². The number of hydrogen-bond donors (Lipinski definition) is 0. The van der Waals surface area contributed by atoms with Crippen LogP contribution in [-0.2, 0) is 14.3 Å². The molecule has 0 amide bonds. The van der Waals surface area contributed by atoms with Crippen LogP contribution in [0.25, 0.3) is 0 Å². The predicted octanol–water partition coefficient (Wildman–Crippen LogP) is 1.05. The maximum absolute atomic E-state index is 11.0. The molecular weight excluding hydrogens is 194 g/mol. The second-order valence-corrected chi connectivity index (χ2v) is 3.85. The lowest BCUT2D eigenvalue weighted by atomic mass is 10.1. The predicted molar refractivity (Wildman–Crippen MR) is 57.7 cm³/mol. The van der Waals surface area contributed by atoms with Gasteiger partial charge in [-0.05, 0) is 26.3 Å². The van der Waals surface area contributed by atoms with Gasteiger partial charge < -0.3 is 14.4 Å². The van der Waals surface area contributed by atoms with Crippen LogP contribution in [-0.4, -0.2) is 50.3 Å². The number of likely N-dealkylation sites (tertiary alicyclic amines) is 1. The Morgan fingerprint density at radius 3 is 3.00 bits per heavy atom. The highest BCUT2D eigenvalue weighted by molar-refractivity contribution is 5.69. The van der Waals surface area contributed by atoms with Gasteiger partial charge >= 0.3 is 5.97 Å². The Morgan fingerprint density at radius 1 is 1.53 bits per heavy atom. The van der Waals surface area contributed by atoms with E-state index in [1.54, 1.807) is 0 Å². The fourth-order valence-corrected chi connectivity index (χ4v) is 1.94. The third kappa shape index (κ3) is 4.62. The molecule has 0 aromatic carbocycles. The zero-order valence-corrected chi connectivity index (χ0v) is 9.70. The molecule has 88 valence electrons. The summed E-state index contributed by atoms with van der Waals surface area (Å²) in [7, 11) is 1.43. The minimum absolute atomic E-state index is 0.131. The first-order chi connectivity index (χ1) is 7.26. The summed E-state index contributed by atoms with van der Waals surface area (Å²) >= 11 is 0. The van der Waals surface area contributed by atoms with Gasteiger partial charge in [-0.25, -0.2) is 0 Å². The number of esters is 1. The van der Waals surface area contributed by atoms with Crippen molar-refractivity contribution in [2.45, 2.75) is 32.3 Å². The Balaban J connectivity index is 2.21. The smallest absolute Gasteiger partial charge is 0.306 e. The molecule has 0 saturated carbocycles. The average molecular weight is 215 g/mol. The summed E-state index contributed by atoms with van der Waals surface area (Å²) in [5.41, 5.74) is 0. The van der Waals surface area contributed by atoms with Gasteiger partial charge in [-0.15, -0.1) is 0 Å². The first-order valence-corrected chi connectivity index (χ1v) is 5.67. The number of ether oxygens (including phenoxy) is 2. The van der Waals surface area contributed by atoms with Crippen molar-refractivity contribution in [1.82, 2.24) is 4.90 Å². The van der Waals surface area contributed by atoms with Gasteiger partial charge in [0.15, 0.2) is 0 Å². The molecule has 1 atom stereocenters. The van der Waals surface area contributed by atoms with E-state index in [4.69, 9.17) is 4.74 Å². The van der Waals surface area contributed by atoms with E-state index < -0.39 is 0 Å². The second-order valence-electron chi connectivity index (χ2n) is 3.85. The second kappa shape index (κ2) is 6.80. The van der Waals surface area contributed by atoms with E-state index in [1.165, 1.54) is 7.11 Å². The Kier molecular flexibility index (Phi) is 5.65. The van der Waals surface area contributed by atoms with Crippen LogP contribution >= 0.6 is 0 Å². The van der Waals surface area contributed by atoms with Gasteiger partial charge in [-0.2, -0.15) is 0 Å². The van der Waals surface area contributed by atoms with Gasteiger partial charge in [0, 0.05) is 19.7 Å². The number of carbonyl (C=O) groups excluding carboxylic acids is 1. The Hall–Kier alpha value is -0.610. The van der Waals surface area contributed by atoms with Crippen molar-refractivity contribution in [3.63, 3.8) is 0 Å². The highest BCUT2D eigenvalue weighted by atomic mass is 16.5. The van der Waals surface area contributed by atoms with Crippen molar-refractivity contribution >= 4 is 5.97 Å². The van der Waals surface area contributed by atoms with Crippen LogP contribution in [0.2, 0.25) is 0 Å². The fourth-order valence-electron chi connectivity index (χ4n) is 1.94. The number of rotatable bonds is 5. The molecular formula is C11H21NO3. The molecule has 4 nitrogen and oxygen atoms in total. The Bertz CT molecular complexity index is 194. The summed E-state index contributed by atoms with van der Waals surface area (Å²) in [5, 5.41) is 0. The average Bonchev–Trinajstić information content (AvgIpc) is 2.27. The van der Waals surface area contributed by atoms with Crippen molar-refractivity contribution < 1.29 is 14.3 Å². The summed E-state index contributed by atoms with van der Waals surface area (Å²) in [4.78, 5) is 13.3. The number of methoxy groups -OCH3 is 1. The number of hydrogen-bond acceptors (Lipinski definition) is 4. The summed E-state index contributed by atoms with van der Waals surface area (Å²) in [6.45, 7) is 5.60. The van der Waals surface area contributed by atoms with Gasteiger partial charge in [-0.3, -0.25) is 4.79 Å². The van der Waals surface area contributed by atoms with Gasteiger partial charge in [0.1, 0.15) is 0 Å². The number of piperidine rings is 1. The summed E-state index contributed by atoms with van der Waals surface area (Å²) in [6, 6.07) is 0. The molecule has 1 aliphatic rings. The lowest BCUT2D eigenvalue weighted by Gasteiger charge is -2.32. The first-order valence-electron chi connectivity index (χ1n) is 5.67. The van der Waals surface area contributed by atoms with Gasteiger partial charge in [0.05, 0.1) is 19.6 Å². The van der Waals surface area contributed by atoms with Crippen LogP contribution in [0.15, 0.2) is 0 Å². The van der Waals surface area contributed by atoms with E-state index in [0.29, 0.717) is 12.5 Å². The Labute approximate surface area is 91.5 Å². The molecule has 1 unspecified atom stereocenters. The van der Waals surface area contributed by atoms with Crippen molar-refractivity contribution in [3.05, 3.63) is 0 Å². The summed E-state index contributed by atoms with van der Waals surface area (Å²) in [5.74, 6) is -0.131. The third-order valence-corrected chi connectivity index (χ3v) is 2.72. The van der Waals surface area contributed by atoms with E-state index in [1.807, 2.05) is 6.92 Å². The zero-order valence-electron chi connectivity index (χ0n) is 9.70. The molecule has 1 heterocycles. The van der Waals surface area contributed by atoms with E-state index in [2.05, 4.69) is 9.64 Å². The quantitative estimate of drug-likeness (QED) is 0.643. The number of carbonyl (C=O) groups is 1. The first kappa shape index (κ1) is 12.5. The molecule has 4 heteroatoms. The van der Waals surface area contributed by atoms with Crippen molar-refractivity contribution in [2.75, 3.05) is 33.4 Å². The molecule has 1 fully saturated rings. The molecule has 1 aliphatic heterocycles. The molecule has 0 N–H and O–H groups in total. The Morgan fingerprint density at radius 2 is 2.33 bits per heavy atom. The lowest BCUT2D eigenvalue weighted by molar-refractivity contribution is -0.141. The molecule has 0 aromatic rings. The fraction of sp³-hybridized carbons (Fsp3) is 0.909. The van der Waals surface area contributed by atoms with Crippen molar-refractivity contribution in [3.8, 4) is 0 Å². The van der Waals surface area contributed by atoms with E-state index in [0.717, 1.165) is 39.1 Å².